The summed E-state index contributed by atoms with van der Waals surface area (Å²) in [6.07, 6.45) is 1.89. The van der Waals surface area contributed by atoms with Crippen molar-refractivity contribution in [2.75, 3.05) is 6.79 Å². The minimum atomic E-state index is 0.232. The first kappa shape index (κ1) is 9.34. The van der Waals surface area contributed by atoms with Crippen LogP contribution in [0, 0.1) is 0 Å². The fourth-order valence-electron chi connectivity index (χ4n) is 1.52. The lowest BCUT2D eigenvalue weighted by Gasteiger charge is -2.08. The van der Waals surface area contributed by atoms with E-state index in [1.54, 1.807) is 0 Å². The molecule has 14 heavy (non-hydrogen) atoms. The molecule has 0 bridgehead atoms. The van der Waals surface area contributed by atoms with Gasteiger partial charge in [0.15, 0.2) is 11.5 Å². The van der Waals surface area contributed by atoms with E-state index in [-0.39, 0.29) is 6.04 Å². The Morgan fingerprint density at radius 2 is 2.14 bits per heavy atom. The third-order valence-corrected chi connectivity index (χ3v) is 2.46. The summed E-state index contributed by atoms with van der Waals surface area (Å²) >= 11 is 0. The van der Waals surface area contributed by atoms with E-state index < -0.39 is 0 Å². The molecule has 0 amide bonds. The number of nitrogens with two attached hydrogens (primary N) is 1. The van der Waals surface area contributed by atoms with Crippen LogP contribution in [0.15, 0.2) is 18.2 Å². The van der Waals surface area contributed by atoms with E-state index in [1.165, 1.54) is 5.56 Å². The fraction of sp³-hybridized carbons (Fsp3) is 0.455. The molecule has 2 N–H and O–H groups in total. The van der Waals surface area contributed by atoms with Gasteiger partial charge in [-0.1, -0.05) is 13.0 Å². The lowest BCUT2D eigenvalue weighted by Crippen LogP contribution is -2.21. The number of ether oxygens (including phenoxy) is 2. The van der Waals surface area contributed by atoms with Crippen LogP contribution in [0.4, 0.5) is 0 Å². The molecule has 1 aliphatic heterocycles. The third kappa shape index (κ3) is 1.82. The molecule has 1 heterocycles. The van der Waals surface area contributed by atoms with Crippen LogP contribution in [0.25, 0.3) is 0 Å². The molecule has 0 radical (unpaired) electrons. The zero-order chi connectivity index (χ0) is 9.97. The molecule has 0 saturated carbocycles. The van der Waals surface area contributed by atoms with Gasteiger partial charge in [-0.05, 0) is 30.5 Å². The summed E-state index contributed by atoms with van der Waals surface area (Å²) in [5.74, 6) is 1.67. The molecule has 1 aliphatic rings. The molecule has 1 aromatic carbocycles. The van der Waals surface area contributed by atoms with Gasteiger partial charge in [0.05, 0.1) is 0 Å². The first-order chi connectivity index (χ1) is 6.79. The van der Waals surface area contributed by atoms with Crippen molar-refractivity contribution in [3.05, 3.63) is 23.8 Å². The molecule has 0 fully saturated rings. The summed E-state index contributed by atoms with van der Waals surface area (Å²) in [6, 6.07) is 6.23. The van der Waals surface area contributed by atoms with Crippen molar-refractivity contribution >= 4 is 0 Å². The van der Waals surface area contributed by atoms with Gasteiger partial charge in [-0.25, -0.2) is 0 Å². The molecule has 3 nitrogen and oxygen atoms in total. The highest BCUT2D eigenvalue weighted by Gasteiger charge is 2.13. The van der Waals surface area contributed by atoms with Gasteiger partial charge >= 0.3 is 0 Å². The Hall–Kier alpha value is -1.22. The SMILES string of the molecule is CC[C@@H](N)Cc1ccc2c(c1)OCO2. The summed E-state index contributed by atoms with van der Waals surface area (Å²) in [5, 5.41) is 0. The van der Waals surface area contributed by atoms with Gasteiger partial charge in [0.1, 0.15) is 0 Å². The highest BCUT2D eigenvalue weighted by Crippen LogP contribution is 2.32. The van der Waals surface area contributed by atoms with Gasteiger partial charge in [0.25, 0.3) is 0 Å². The first-order valence-electron chi connectivity index (χ1n) is 4.93. The molecule has 76 valence electrons. The number of benzene rings is 1. The quantitative estimate of drug-likeness (QED) is 0.794. The van der Waals surface area contributed by atoms with Gasteiger partial charge in [-0.2, -0.15) is 0 Å². The molecule has 2 rings (SSSR count). The van der Waals surface area contributed by atoms with E-state index in [4.69, 9.17) is 15.2 Å². The Balaban J connectivity index is 2.12. The van der Waals surface area contributed by atoms with E-state index in [9.17, 15) is 0 Å². The second-order valence-electron chi connectivity index (χ2n) is 3.56. The summed E-state index contributed by atoms with van der Waals surface area (Å²) in [5.41, 5.74) is 7.09. The minimum Gasteiger partial charge on any atom is -0.454 e. The van der Waals surface area contributed by atoms with Crippen LogP contribution in [-0.4, -0.2) is 12.8 Å². The second kappa shape index (κ2) is 3.88. The Morgan fingerprint density at radius 3 is 2.93 bits per heavy atom. The maximum absolute atomic E-state index is 5.88. The van der Waals surface area contributed by atoms with Crippen LogP contribution in [-0.2, 0) is 6.42 Å². The van der Waals surface area contributed by atoms with Crippen molar-refractivity contribution in [2.45, 2.75) is 25.8 Å². The van der Waals surface area contributed by atoms with Crippen LogP contribution < -0.4 is 15.2 Å². The Kier molecular flexibility index (Phi) is 2.59. The van der Waals surface area contributed by atoms with Crippen molar-refractivity contribution in [1.82, 2.24) is 0 Å². The van der Waals surface area contributed by atoms with Crippen LogP contribution in [0.1, 0.15) is 18.9 Å². The zero-order valence-corrected chi connectivity index (χ0v) is 8.32. The summed E-state index contributed by atoms with van der Waals surface area (Å²) in [6.45, 7) is 2.43. The zero-order valence-electron chi connectivity index (χ0n) is 8.32. The topological polar surface area (TPSA) is 44.5 Å². The van der Waals surface area contributed by atoms with Crippen molar-refractivity contribution in [2.24, 2.45) is 5.73 Å². The number of hydrogen-bond acceptors (Lipinski definition) is 3. The standard InChI is InChI=1S/C11H15NO2/c1-2-9(12)5-8-3-4-10-11(6-8)14-7-13-10/h3-4,6,9H,2,5,7,12H2,1H3/t9-/m1/s1. The van der Waals surface area contributed by atoms with Crippen molar-refractivity contribution in [3.63, 3.8) is 0 Å². The predicted molar refractivity (Wildman–Crippen MR) is 54.5 cm³/mol. The summed E-state index contributed by atoms with van der Waals surface area (Å²) < 4.78 is 10.5. The van der Waals surface area contributed by atoms with Crippen LogP contribution in [0.2, 0.25) is 0 Å². The van der Waals surface area contributed by atoms with E-state index in [0.717, 1.165) is 24.3 Å². The normalized spacial score (nSPS) is 15.6. The van der Waals surface area contributed by atoms with Crippen LogP contribution >= 0.6 is 0 Å². The monoisotopic (exact) mass is 193 g/mol. The Morgan fingerprint density at radius 1 is 1.36 bits per heavy atom. The highest BCUT2D eigenvalue weighted by atomic mass is 16.7. The second-order valence-corrected chi connectivity index (χ2v) is 3.56. The molecule has 0 aromatic heterocycles. The van der Waals surface area contributed by atoms with Crippen LogP contribution in [0.3, 0.4) is 0 Å². The molecule has 3 heteroatoms. The smallest absolute Gasteiger partial charge is 0.231 e. The van der Waals surface area contributed by atoms with Gasteiger partial charge in [-0.3, -0.25) is 0 Å². The van der Waals surface area contributed by atoms with E-state index in [1.807, 2.05) is 18.2 Å². The van der Waals surface area contributed by atoms with E-state index >= 15 is 0 Å². The average molecular weight is 193 g/mol. The highest BCUT2D eigenvalue weighted by molar-refractivity contribution is 5.44. The van der Waals surface area contributed by atoms with Gasteiger partial charge in [0, 0.05) is 6.04 Å². The molecule has 0 spiro atoms. The van der Waals surface area contributed by atoms with E-state index in [0.29, 0.717) is 6.79 Å². The van der Waals surface area contributed by atoms with Crippen molar-refractivity contribution in [3.8, 4) is 11.5 Å². The molecule has 1 atom stereocenters. The Labute approximate surface area is 83.8 Å². The molecule has 0 aliphatic carbocycles. The van der Waals surface area contributed by atoms with Gasteiger partial charge in [0.2, 0.25) is 6.79 Å². The molecule has 0 saturated heterocycles. The Bertz CT molecular complexity index is 325. The maximum atomic E-state index is 5.88. The molecule has 1 aromatic rings. The largest absolute Gasteiger partial charge is 0.454 e. The number of rotatable bonds is 3. The predicted octanol–water partition coefficient (Wildman–Crippen LogP) is 1.70. The third-order valence-electron chi connectivity index (χ3n) is 2.46. The lowest BCUT2D eigenvalue weighted by molar-refractivity contribution is 0.174. The number of fused-ring (bicyclic) bond motifs is 1. The van der Waals surface area contributed by atoms with Crippen LogP contribution in [0.5, 0.6) is 11.5 Å². The lowest BCUT2D eigenvalue weighted by atomic mass is 10.0. The van der Waals surface area contributed by atoms with Gasteiger partial charge in [-0.15, -0.1) is 0 Å². The number of hydrogen-bond donors (Lipinski definition) is 1. The maximum Gasteiger partial charge on any atom is 0.231 e. The average Bonchev–Trinajstić information content (AvgIpc) is 2.64. The van der Waals surface area contributed by atoms with E-state index in [2.05, 4.69) is 6.92 Å². The fourth-order valence-corrected chi connectivity index (χ4v) is 1.52. The van der Waals surface area contributed by atoms with Crippen molar-refractivity contribution in [1.29, 1.82) is 0 Å². The summed E-state index contributed by atoms with van der Waals surface area (Å²) in [7, 11) is 0. The molecular weight excluding hydrogens is 178 g/mol. The molecule has 0 unspecified atom stereocenters. The summed E-state index contributed by atoms with van der Waals surface area (Å²) in [4.78, 5) is 0. The molecular formula is C11H15NO2. The van der Waals surface area contributed by atoms with Crippen molar-refractivity contribution < 1.29 is 9.47 Å². The minimum absolute atomic E-state index is 0.232. The van der Waals surface area contributed by atoms with Gasteiger partial charge < -0.3 is 15.2 Å². The first-order valence-corrected chi connectivity index (χ1v) is 4.93.